The number of nitrogens with zero attached hydrogens (tertiary/aromatic N) is 1. The molecule has 0 amide bonds. The van der Waals surface area contributed by atoms with E-state index in [1.165, 1.54) is 5.56 Å². The van der Waals surface area contributed by atoms with E-state index in [2.05, 4.69) is 29.4 Å². The van der Waals surface area contributed by atoms with E-state index in [0.29, 0.717) is 0 Å². The van der Waals surface area contributed by atoms with Gasteiger partial charge < -0.3 is 14.8 Å². The van der Waals surface area contributed by atoms with Crippen molar-refractivity contribution in [2.24, 2.45) is 0 Å². The molecular formula is C13H20N2O2. The van der Waals surface area contributed by atoms with Crippen LogP contribution in [-0.4, -0.2) is 38.9 Å². The van der Waals surface area contributed by atoms with E-state index in [1.54, 1.807) is 0 Å². The van der Waals surface area contributed by atoms with E-state index in [-0.39, 0.29) is 0 Å². The van der Waals surface area contributed by atoms with Gasteiger partial charge in [0.2, 0.25) is 0 Å². The van der Waals surface area contributed by atoms with E-state index >= 15 is 0 Å². The molecule has 0 saturated carbocycles. The molecule has 1 heterocycles. The van der Waals surface area contributed by atoms with Gasteiger partial charge in [-0.2, -0.15) is 0 Å². The summed E-state index contributed by atoms with van der Waals surface area (Å²) in [6, 6.07) is 6.18. The molecule has 1 aliphatic rings. The second-order valence-electron chi connectivity index (χ2n) is 4.36. The summed E-state index contributed by atoms with van der Waals surface area (Å²) in [6.45, 7) is 3.25. The Kier molecular flexibility index (Phi) is 4.23. The highest BCUT2D eigenvalue weighted by atomic mass is 16.5. The molecular weight excluding hydrogens is 216 g/mol. The highest BCUT2D eigenvalue weighted by Crippen LogP contribution is 2.30. The molecule has 1 aromatic rings. The minimum absolute atomic E-state index is 0.739. The Hall–Kier alpha value is -1.26. The summed E-state index contributed by atoms with van der Waals surface area (Å²) in [5.74, 6) is 1.74. The Bertz CT molecular complexity index is 368. The van der Waals surface area contributed by atoms with Crippen molar-refractivity contribution in [2.75, 3.05) is 34.0 Å². The quantitative estimate of drug-likeness (QED) is 0.802. The first-order chi connectivity index (χ1) is 8.29. The molecule has 0 aliphatic carbocycles. The molecule has 0 radical (unpaired) electrons. The van der Waals surface area contributed by atoms with Gasteiger partial charge in [-0.15, -0.1) is 0 Å². The second-order valence-corrected chi connectivity index (χ2v) is 4.36. The predicted octanol–water partition coefficient (Wildman–Crippen LogP) is 1.46. The molecule has 4 heteroatoms. The van der Waals surface area contributed by atoms with Crippen LogP contribution in [0.4, 0.5) is 0 Å². The molecule has 1 aromatic carbocycles. The SMILES string of the molecule is CNCN(C)Cc1ccc2c(c1)OCCCO2. The molecule has 0 unspecified atom stereocenters. The van der Waals surface area contributed by atoms with Gasteiger partial charge in [0.1, 0.15) is 0 Å². The maximum Gasteiger partial charge on any atom is 0.161 e. The van der Waals surface area contributed by atoms with Crippen LogP contribution in [-0.2, 0) is 6.54 Å². The standard InChI is InChI=1S/C13H20N2O2/c1-14-10-15(2)9-11-4-5-12-13(8-11)17-7-3-6-16-12/h4-5,8,14H,3,6-7,9-10H2,1-2H3. The summed E-state index contributed by atoms with van der Waals surface area (Å²) in [5.41, 5.74) is 1.24. The van der Waals surface area contributed by atoms with E-state index in [0.717, 1.165) is 44.3 Å². The molecule has 2 rings (SSSR count). The third kappa shape index (κ3) is 3.35. The lowest BCUT2D eigenvalue weighted by Gasteiger charge is -2.17. The van der Waals surface area contributed by atoms with Crippen molar-refractivity contribution in [3.63, 3.8) is 0 Å². The molecule has 0 spiro atoms. The van der Waals surface area contributed by atoms with Gasteiger partial charge in [-0.25, -0.2) is 0 Å². The van der Waals surface area contributed by atoms with E-state index in [1.807, 2.05) is 13.1 Å². The second kappa shape index (κ2) is 5.89. The number of nitrogens with one attached hydrogen (secondary N) is 1. The summed E-state index contributed by atoms with van der Waals surface area (Å²) in [7, 11) is 4.03. The van der Waals surface area contributed by atoms with Gasteiger partial charge in [-0.05, 0) is 31.8 Å². The van der Waals surface area contributed by atoms with Crippen molar-refractivity contribution in [1.29, 1.82) is 0 Å². The van der Waals surface area contributed by atoms with E-state index in [4.69, 9.17) is 9.47 Å². The lowest BCUT2D eigenvalue weighted by Crippen LogP contribution is -2.27. The summed E-state index contributed by atoms with van der Waals surface area (Å²) in [5, 5.41) is 3.13. The number of fused-ring (bicyclic) bond motifs is 1. The summed E-state index contributed by atoms with van der Waals surface area (Å²) >= 11 is 0. The minimum Gasteiger partial charge on any atom is -0.490 e. The van der Waals surface area contributed by atoms with E-state index < -0.39 is 0 Å². The van der Waals surface area contributed by atoms with Gasteiger partial charge in [0.15, 0.2) is 11.5 Å². The van der Waals surface area contributed by atoms with Crippen LogP contribution in [0.25, 0.3) is 0 Å². The molecule has 4 nitrogen and oxygen atoms in total. The normalized spacial score (nSPS) is 14.8. The number of benzene rings is 1. The van der Waals surface area contributed by atoms with Crippen LogP contribution < -0.4 is 14.8 Å². The fourth-order valence-electron chi connectivity index (χ4n) is 1.94. The monoisotopic (exact) mass is 236 g/mol. The Morgan fingerprint density at radius 2 is 2.00 bits per heavy atom. The molecule has 1 N–H and O–H groups in total. The van der Waals surface area contributed by atoms with Gasteiger partial charge in [-0.3, -0.25) is 4.90 Å². The number of ether oxygens (including phenoxy) is 2. The zero-order chi connectivity index (χ0) is 12.1. The zero-order valence-electron chi connectivity index (χ0n) is 10.5. The molecule has 0 fully saturated rings. The van der Waals surface area contributed by atoms with Crippen molar-refractivity contribution in [1.82, 2.24) is 10.2 Å². The Morgan fingerprint density at radius 1 is 1.24 bits per heavy atom. The van der Waals surface area contributed by atoms with Crippen LogP contribution in [0, 0.1) is 0 Å². The number of rotatable bonds is 4. The first kappa shape index (κ1) is 12.2. The van der Waals surface area contributed by atoms with Gasteiger partial charge in [0.05, 0.1) is 13.2 Å². The zero-order valence-corrected chi connectivity index (χ0v) is 10.5. The van der Waals surface area contributed by atoms with Crippen molar-refractivity contribution < 1.29 is 9.47 Å². The Labute approximate surface area is 103 Å². The highest BCUT2D eigenvalue weighted by molar-refractivity contribution is 5.43. The maximum atomic E-state index is 5.67. The van der Waals surface area contributed by atoms with Gasteiger partial charge in [0.25, 0.3) is 0 Å². The van der Waals surface area contributed by atoms with Crippen LogP contribution in [0.3, 0.4) is 0 Å². The van der Waals surface area contributed by atoms with Crippen molar-refractivity contribution >= 4 is 0 Å². The summed E-state index contributed by atoms with van der Waals surface area (Å²) in [4.78, 5) is 2.21. The average molecular weight is 236 g/mol. The molecule has 0 bridgehead atoms. The van der Waals surface area contributed by atoms with Crippen LogP contribution in [0.2, 0.25) is 0 Å². The predicted molar refractivity (Wildman–Crippen MR) is 67.4 cm³/mol. The fraction of sp³-hybridized carbons (Fsp3) is 0.538. The van der Waals surface area contributed by atoms with Crippen LogP contribution >= 0.6 is 0 Å². The van der Waals surface area contributed by atoms with Crippen LogP contribution in [0.5, 0.6) is 11.5 Å². The first-order valence-electron chi connectivity index (χ1n) is 6.01. The van der Waals surface area contributed by atoms with Crippen molar-refractivity contribution in [2.45, 2.75) is 13.0 Å². The van der Waals surface area contributed by atoms with Gasteiger partial charge in [-0.1, -0.05) is 6.07 Å². The molecule has 0 atom stereocenters. The third-order valence-electron chi connectivity index (χ3n) is 2.69. The molecule has 1 aliphatic heterocycles. The lowest BCUT2D eigenvalue weighted by molar-refractivity contribution is 0.296. The van der Waals surface area contributed by atoms with E-state index in [9.17, 15) is 0 Å². The summed E-state index contributed by atoms with van der Waals surface area (Å²) in [6.07, 6.45) is 0.948. The maximum absolute atomic E-state index is 5.67. The third-order valence-corrected chi connectivity index (χ3v) is 2.69. The average Bonchev–Trinajstić information content (AvgIpc) is 2.53. The molecule has 0 saturated heterocycles. The molecule has 17 heavy (non-hydrogen) atoms. The van der Waals surface area contributed by atoms with Gasteiger partial charge in [0, 0.05) is 19.6 Å². The minimum atomic E-state index is 0.739. The number of hydrogen-bond donors (Lipinski definition) is 1. The van der Waals surface area contributed by atoms with Crippen LogP contribution in [0.1, 0.15) is 12.0 Å². The van der Waals surface area contributed by atoms with Gasteiger partial charge >= 0.3 is 0 Å². The topological polar surface area (TPSA) is 33.7 Å². The fourth-order valence-corrected chi connectivity index (χ4v) is 1.94. The largest absolute Gasteiger partial charge is 0.490 e. The van der Waals surface area contributed by atoms with Crippen molar-refractivity contribution in [3.8, 4) is 11.5 Å². The lowest BCUT2D eigenvalue weighted by atomic mass is 10.2. The Balaban J connectivity index is 2.07. The smallest absolute Gasteiger partial charge is 0.161 e. The van der Waals surface area contributed by atoms with Crippen LogP contribution in [0.15, 0.2) is 18.2 Å². The van der Waals surface area contributed by atoms with Crippen molar-refractivity contribution in [3.05, 3.63) is 23.8 Å². The Morgan fingerprint density at radius 3 is 2.76 bits per heavy atom. The summed E-state index contributed by atoms with van der Waals surface area (Å²) < 4.78 is 11.3. The number of hydrogen-bond acceptors (Lipinski definition) is 4. The first-order valence-corrected chi connectivity index (χ1v) is 6.01. The molecule has 0 aromatic heterocycles. The molecule has 94 valence electrons. The highest BCUT2D eigenvalue weighted by Gasteiger charge is 2.11.